The van der Waals surface area contributed by atoms with E-state index in [-0.39, 0.29) is 5.56 Å². The molecule has 0 bridgehead atoms. The van der Waals surface area contributed by atoms with E-state index >= 15 is 0 Å². The minimum absolute atomic E-state index is 0.268. The van der Waals surface area contributed by atoms with Gasteiger partial charge >= 0.3 is 0 Å². The van der Waals surface area contributed by atoms with Crippen LogP contribution in [0.25, 0.3) is 0 Å². The van der Waals surface area contributed by atoms with E-state index in [4.69, 9.17) is 0 Å². The molecule has 4 nitrogen and oxygen atoms in total. The lowest BCUT2D eigenvalue weighted by Gasteiger charge is -1.82. The van der Waals surface area contributed by atoms with Crippen LogP contribution in [0, 0.1) is 6.92 Å². The van der Waals surface area contributed by atoms with Crippen LogP contribution in [0.5, 0.6) is 0 Å². The van der Waals surface area contributed by atoms with Crippen molar-refractivity contribution in [3.8, 4) is 0 Å². The van der Waals surface area contributed by atoms with Crippen molar-refractivity contribution in [3.05, 3.63) is 22.4 Å². The average molecular weight is 141 g/mol. The molecule has 1 N–H and O–H groups in total. The van der Waals surface area contributed by atoms with Crippen molar-refractivity contribution >= 4 is 0 Å². The molecule has 0 atom stereocenters. The molecule has 0 aliphatic rings. The van der Waals surface area contributed by atoms with Crippen LogP contribution in [-0.2, 0) is 0 Å². The molecule has 1 rings (SSSR count). The Kier molecular flexibility index (Phi) is 4.11. The fourth-order valence-electron chi connectivity index (χ4n) is 0.346. The van der Waals surface area contributed by atoms with E-state index in [0.29, 0.717) is 5.82 Å². The highest BCUT2D eigenvalue weighted by atomic mass is 16.1. The number of aromatic amines is 1. The minimum Gasteiger partial charge on any atom is -0.266 e. The number of hydrogen-bond donors (Lipinski definition) is 1. The number of aryl methyl sites for hydroxylation is 1. The first-order valence-electron chi connectivity index (χ1n) is 3.17. The molecule has 0 fully saturated rings. The number of nitrogens with zero attached hydrogens (tertiary/aromatic N) is 2. The van der Waals surface area contributed by atoms with E-state index in [1.54, 1.807) is 6.92 Å². The fourth-order valence-corrected chi connectivity index (χ4v) is 0.346. The summed E-state index contributed by atoms with van der Waals surface area (Å²) in [5.41, 5.74) is -0.268. The predicted octanol–water partition coefficient (Wildman–Crippen LogP) is 0.500. The molecule has 1 heterocycles. The summed E-state index contributed by atoms with van der Waals surface area (Å²) in [5, 5.41) is 5.76. The van der Waals surface area contributed by atoms with Crippen molar-refractivity contribution in [2.24, 2.45) is 0 Å². The number of aromatic nitrogens is 3. The van der Waals surface area contributed by atoms with Gasteiger partial charge in [0, 0.05) is 0 Å². The Hall–Kier alpha value is -1.19. The molecule has 0 unspecified atom stereocenters. The quantitative estimate of drug-likeness (QED) is 0.572. The molecule has 0 aliphatic carbocycles. The molecule has 0 saturated heterocycles. The van der Waals surface area contributed by atoms with Crippen molar-refractivity contribution in [2.75, 3.05) is 0 Å². The van der Waals surface area contributed by atoms with Gasteiger partial charge in [0.1, 0.15) is 5.82 Å². The second-order valence-corrected chi connectivity index (χ2v) is 1.39. The number of hydrogen-bond acceptors (Lipinski definition) is 3. The average Bonchev–Trinajstić information content (AvgIpc) is 2.00. The summed E-state index contributed by atoms with van der Waals surface area (Å²) >= 11 is 0. The Balaban J connectivity index is 0.000000371. The van der Waals surface area contributed by atoms with E-state index in [9.17, 15) is 4.79 Å². The maximum Gasteiger partial charge on any atom is 0.282 e. The zero-order valence-electron chi connectivity index (χ0n) is 6.38. The molecule has 0 radical (unpaired) electrons. The summed E-state index contributed by atoms with van der Waals surface area (Å²) in [7, 11) is 0. The summed E-state index contributed by atoms with van der Waals surface area (Å²) in [5.74, 6) is 0.574. The zero-order valence-corrected chi connectivity index (χ0v) is 6.38. The number of H-pyrrole nitrogens is 1. The fraction of sp³-hybridized carbons (Fsp3) is 0.500. The van der Waals surface area contributed by atoms with E-state index in [1.165, 1.54) is 6.20 Å². The topological polar surface area (TPSA) is 58.6 Å². The van der Waals surface area contributed by atoms with Gasteiger partial charge in [-0.25, -0.2) is 10.1 Å². The lowest BCUT2D eigenvalue weighted by molar-refractivity contribution is 0.877. The van der Waals surface area contributed by atoms with Gasteiger partial charge in [-0.15, -0.1) is 0 Å². The smallest absolute Gasteiger partial charge is 0.266 e. The Labute approximate surface area is 59.3 Å². The Morgan fingerprint density at radius 3 is 2.40 bits per heavy atom. The summed E-state index contributed by atoms with van der Waals surface area (Å²) in [4.78, 5) is 13.9. The first kappa shape index (κ1) is 8.81. The second kappa shape index (κ2) is 4.67. The SMILES string of the molecule is CC.Cc1ncc(=O)[nH]n1. The molecule has 4 heteroatoms. The molecule has 0 aliphatic heterocycles. The van der Waals surface area contributed by atoms with Crippen molar-refractivity contribution in [2.45, 2.75) is 20.8 Å². The summed E-state index contributed by atoms with van der Waals surface area (Å²) in [6.07, 6.45) is 1.20. The third-order valence-corrected chi connectivity index (χ3v) is 0.697. The molecule has 1 aromatic heterocycles. The normalized spacial score (nSPS) is 7.90. The van der Waals surface area contributed by atoms with Crippen LogP contribution in [0.3, 0.4) is 0 Å². The van der Waals surface area contributed by atoms with Gasteiger partial charge in [-0.1, -0.05) is 13.8 Å². The van der Waals surface area contributed by atoms with Gasteiger partial charge in [0.05, 0.1) is 6.20 Å². The van der Waals surface area contributed by atoms with Crippen LogP contribution in [0.1, 0.15) is 19.7 Å². The van der Waals surface area contributed by atoms with E-state index < -0.39 is 0 Å². The Morgan fingerprint density at radius 1 is 1.50 bits per heavy atom. The Morgan fingerprint density at radius 2 is 2.10 bits per heavy atom. The number of nitrogens with one attached hydrogen (secondary N) is 1. The van der Waals surface area contributed by atoms with E-state index in [2.05, 4.69) is 15.2 Å². The highest BCUT2D eigenvalue weighted by molar-refractivity contribution is 4.75. The maximum absolute atomic E-state index is 10.2. The molecule has 0 amide bonds. The van der Waals surface area contributed by atoms with Crippen LogP contribution >= 0.6 is 0 Å². The van der Waals surface area contributed by atoms with Gasteiger partial charge in [-0.3, -0.25) is 4.79 Å². The van der Waals surface area contributed by atoms with Crippen LogP contribution in [0.4, 0.5) is 0 Å². The highest BCUT2D eigenvalue weighted by Crippen LogP contribution is 1.70. The van der Waals surface area contributed by atoms with Gasteiger partial charge in [0.25, 0.3) is 5.56 Å². The Bertz CT molecular complexity index is 210. The maximum atomic E-state index is 10.2. The third kappa shape index (κ3) is 2.96. The van der Waals surface area contributed by atoms with Gasteiger partial charge < -0.3 is 0 Å². The van der Waals surface area contributed by atoms with Crippen molar-refractivity contribution in [1.82, 2.24) is 15.2 Å². The van der Waals surface area contributed by atoms with E-state index in [0.717, 1.165) is 0 Å². The second-order valence-electron chi connectivity index (χ2n) is 1.39. The van der Waals surface area contributed by atoms with Crippen LogP contribution < -0.4 is 5.56 Å². The highest BCUT2D eigenvalue weighted by Gasteiger charge is 1.81. The summed E-state index contributed by atoms with van der Waals surface area (Å²) in [6, 6.07) is 0. The summed E-state index contributed by atoms with van der Waals surface area (Å²) in [6.45, 7) is 5.70. The monoisotopic (exact) mass is 141 g/mol. The van der Waals surface area contributed by atoms with Gasteiger partial charge in [0.2, 0.25) is 0 Å². The molecular formula is C6H11N3O. The molecule has 0 saturated carbocycles. The van der Waals surface area contributed by atoms with Crippen LogP contribution in [0.2, 0.25) is 0 Å². The molecule has 0 aromatic carbocycles. The first-order chi connectivity index (χ1) is 4.79. The minimum atomic E-state index is -0.268. The lowest BCUT2D eigenvalue weighted by Crippen LogP contribution is -2.08. The predicted molar refractivity (Wildman–Crippen MR) is 38.7 cm³/mol. The molecular weight excluding hydrogens is 130 g/mol. The lowest BCUT2D eigenvalue weighted by atomic mass is 10.7. The van der Waals surface area contributed by atoms with Crippen LogP contribution in [-0.4, -0.2) is 15.2 Å². The zero-order chi connectivity index (χ0) is 7.98. The van der Waals surface area contributed by atoms with Crippen molar-refractivity contribution < 1.29 is 0 Å². The summed E-state index contributed by atoms with van der Waals surface area (Å²) < 4.78 is 0. The molecule has 1 aromatic rings. The molecule has 10 heavy (non-hydrogen) atoms. The number of rotatable bonds is 0. The standard InChI is InChI=1S/C4H5N3O.C2H6/c1-3-5-2-4(8)7-6-3;1-2/h2H,1H3,(H,7,8);1-2H3. The van der Waals surface area contributed by atoms with E-state index in [1.807, 2.05) is 13.8 Å². The van der Waals surface area contributed by atoms with Crippen molar-refractivity contribution in [3.63, 3.8) is 0 Å². The van der Waals surface area contributed by atoms with Crippen LogP contribution in [0.15, 0.2) is 11.0 Å². The molecule has 0 spiro atoms. The van der Waals surface area contributed by atoms with Gasteiger partial charge in [-0.05, 0) is 6.92 Å². The van der Waals surface area contributed by atoms with Gasteiger partial charge in [-0.2, -0.15) is 5.10 Å². The van der Waals surface area contributed by atoms with Gasteiger partial charge in [0.15, 0.2) is 0 Å². The van der Waals surface area contributed by atoms with Crippen molar-refractivity contribution in [1.29, 1.82) is 0 Å². The third-order valence-electron chi connectivity index (χ3n) is 0.697. The molecule has 56 valence electrons. The largest absolute Gasteiger partial charge is 0.282 e. The first-order valence-corrected chi connectivity index (χ1v) is 3.17.